The molecule has 146 valence electrons. The van der Waals surface area contributed by atoms with E-state index >= 15 is 0 Å². The van der Waals surface area contributed by atoms with Crippen LogP contribution in [0.2, 0.25) is 0 Å². The predicted octanol–water partition coefficient (Wildman–Crippen LogP) is 1.07. The number of nitrogens with zero attached hydrogens (tertiary/aromatic N) is 2. The van der Waals surface area contributed by atoms with Crippen LogP contribution in [0, 0.1) is 10.1 Å². The number of non-ortho nitro benzene ring substituents is 1. The van der Waals surface area contributed by atoms with Crippen molar-refractivity contribution in [2.75, 3.05) is 46.1 Å². The molecule has 3 N–H and O–H groups in total. The second kappa shape index (κ2) is 14.0. The summed E-state index contributed by atoms with van der Waals surface area (Å²) in [5.74, 6) is 0.632. The molecule has 0 atom stereocenters. The third-order valence-corrected chi connectivity index (χ3v) is 3.30. The van der Waals surface area contributed by atoms with Gasteiger partial charge >= 0.3 is 0 Å². The number of aliphatic imine (C=N–C) groups is 1. The molecule has 0 bridgehead atoms. The minimum Gasteiger partial charge on any atom is -0.394 e. The summed E-state index contributed by atoms with van der Waals surface area (Å²) >= 11 is 0. The molecule has 0 spiro atoms. The average molecular weight is 368 g/mol. The molecule has 1 rings (SSSR count). The average Bonchev–Trinajstić information content (AvgIpc) is 2.65. The van der Waals surface area contributed by atoms with Crippen molar-refractivity contribution < 1.29 is 19.5 Å². The summed E-state index contributed by atoms with van der Waals surface area (Å²) in [6.07, 6.45) is 0.854. The summed E-state index contributed by atoms with van der Waals surface area (Å²) in [6.45, 7) is 5.75. The highest BCUT2D eigenvalue weighted by Crippen LogP contribution is 2.12. The maximum Gasteiger partial charge on any atom is 0.269 e. The molecule has 0 aliphatic heterocycles. The Bertz CT molecular complexity index is 520. The Balaban J connectivity index is 2.51. The molecule has 0 fully saturated rings. The summed E-state index contributed by atoms with van der Waals surface area (Å²) in [7, 11) is 0. The van der Waals surface area contributed by atoms with Gasteiger partial charge in [-0.15, -0.1) is 0 Å². The van der Waals surface area contributed by atoms with Crippen molar-refractivity contribution in [2.45, 2.75) is 19.9 Å². The lowest BCUT2D eigenvalue weighted by Gasteiger charge is -2.13. The van der Waals surface area contributed by atoms with E-state index in [0.717, 1.165) is 12.0 Å². The highest BCUT2D eigenvalue weighted by molar-refractivity contribution is 5.79. The lowest BCUT2D eigenvalue weighted by Crippen LogP contribution is -2.39. The van der Waals surface area contributed by atoms with Gasteiger partial charge in [0, 0.05) is 38.4 Å². The van der Waals surface area contributed by atoms with Crippen LogP contribution in [0.3, 0.4) is 0 Å². The van der Waals surface area contributed by atoms with Crippen LogP contribution >= 0.6 is 0 Å². The largest absolute Gasteiger partial charge is 0.394 e. The highest BCUT2D eigenvalue weighted by Gasteiger charge is 2.04. The summed E-state index contributed by atoms with van der Waals surface area (Å²) < 4.78 is 10.5. The van der Waals surface area contributed by atoms with Gasteiger partial charge in [-0.2, -0.15) is 0 Å². The van der Waals surface area contributed by atoms with Gasteiger partial charge in [0.25, 0.3) is 5.69 Å². The maximum absolute atomic E-state index is 10.7. The monoisotopic (exact) mass is 368 g/mol. The summed E-state index contributed by atoms with van der Waals surface area (Å²) in [6, 6.07) is 6.32. The van der Waals surface area contributed by atoms with E-state index in [1.807, 2.05) is 6.92 Å². The van der Waals surface area contributed by atoms with Gasteiger partial charge in [0.2, 0.25) is 0 Å². The molecule has 0 saturated heterocycles. The van der Waals surface area contributed by atoms with Crippen molar-refractivity contribution in [3.63, 3.8) is 0 Å². The van der Waals surface area contributed by atoms with E-state index in [9.17, 15) is 10.1 Å². The van der Waals surface area contributed by atoms with Gasteiger partial charge in [-0.05, 0) is 18.9 Å². The van der Waals surface area contributed by atoms with E-state index < -0.39 is 4.92 Å². The van der Waals surface area contributed by atoms with Crippen LogP contribution in [0.5, 0.6) is 0 Å². The molecular weight excluding hydrogens is 340 g/mol. The Morgan fingerprint density at radius 1 is 1.15 bits per heavy atom. The van der Waals surface area contributed by atoms with Crippen LogP contribution in [0.15, 0.2) is 29.3 Å². The third-order valence-electron chi connectivity index (χ3n) is 3.30. The van der Waals surface area contributed by atoms with Crippen molar-refractivity contribution in [2.24, 2.45) is 4.99 Å². The first-order valence-electron chi connectivity index (χ1n) is 8.69. The Morgan fingerprint density at radius 3 is 2.54 bits per heavy atom. The fourth-order valence-corrected chi connectivity index (χ4v) is 2.00. The van der Waals surface area contributed by atoms with Crippen LogP contribution in [0.1, 0.15) is 18.9 Å². The first kappa shape index (κ1) is 21.8. The minimum atomic E-state index is -0.424. The quantitative estimate of drug-likeness (QED) is 0.157. The predicted molar refractivity (Wildman–Crippen MR) is 99.3 cm³/mol. The lowest BCUT2D eigenvalue weighted by molar-refractivity contribution is -0.384. The highest BCUT2D eigenvalue weighted by atomic mass is 16.6. The number of nitro groups is 1. The van der Waals surface area contributed by atoms with Crippen molar-refractivity contribution in [1.29, 1.82) is 0 Å². The van der Waals surface area contributed by atoms with Crippen LogP contribution in [-0.2, 0) is 16.0 Å². The molecule has 1 aromatic rings. The summed E-state index contributed by atoms with van der Waals surface area (Å²) in [5.41, 5.74) is 0.939. The first-order chi connectivity index (χ1) is 12.7. The van der Waals surface area contributed by atoms with Crippen LogP contribution in [0.4, 0.5) is 5.69 Å². The zero-order valence-electron chi connectivity index (χ0n) is 15.1. The number of aliphatic hydroxyl groups is 1. The molecule has 9 heteroatoms. The number of ether oxygens (including phenoxy) is 2. The molecule has 26 heavy (non-hydrogen) atoms. The Labute approximate surface area is 153 Å². The lowest BCUT2D eigenvalue weighted by atomic mass is 10.2. The third kappa shape index (κ3) is 9.92. The fourth-order valence-electron chi connectivity index (χ4n) is 2.00. The summed E-state index contributed by atoms with van der Waals surface area (Å²) in [5, 5.41) is 25.7. The molecule has 0 heterocycles. The van der Waals surface area contributed by atoms with Gasteiger partial charge in [0.15, 0.2) is 5.96 Å². The number of nitro benzene ring substituents is 1. The Kier molecular flexibility index (Phi) is 11.7. The van der Waals surface area contributed by atoms with Crippen molar-refractivity contribution in [1.82, 2.24) is 10.6 Å². The van der Waals surface area contributed by atoms with E-state index in [-0.39, 0.29) is 12.3 Å². The van der Waals surface area contributed by atoms with Crippen LogP contribution < -0.4 is 10.6 Å². The molecule has 0 saturated carbocycles. The molecule has 0 aromatic heterocycles. The standard InChI is InChI=1S/C17H28N4O5/c1-2-25-11-3-8-18-17(19-9-12-26-13-10-22)20-14-15-4-6-16(7-5-15)21(23)24/h4-7,22H,2-3,8-14H2,1H3,(H2,18,19,20). The molecular formula is C17H28N4O5. The zero-order valence-corrected chi connectivity index (χ0v) is 15.1. The van der Waals surface area contributed by atoms with E-state index in [1.165, 1.54) is 12.1 Å². The van der Waals surface area contributed by atoms with Crippen molar-refractivity contribution >= 4 is 11.6 Å². The number of guanidine groups is 1. The number of aliphatic hydroxyl groups excluding tert-OH is 1. The molecule has 0 aliphatic carbocycles. The number of rotatable bonds is 13. The van der Waals surface area contributed by atoms with Crippen LogP contribution in [0.25, 0.3) is 0 Å². The second-order valence-electron chi connectivity index (χ2n) is 5.33. The van der Waals surface area contributed by atoms with Gasteiger partial charge in [-0.1, -0.05) is 12.1 Å². The van der Waals surface area contributed by atoms with Crippen molar-refractivity contribution in [3.05, 3.63) is 39.9 Å². The fraction of sp³-hybridized carbons (Fsp3) is 0.588. The second-order valence-corrected chi connectivity index (χ2v) is 5.33. The van der Waals surface area contributed by atoms with Gasteiger partial charge < -0.3 is 25.2 Å². The topological polar surface area (TPSA) is 118 Å². The maximum atomic E-state index is 10.7. The number of nitrogens with one attached hydrogen (secondary N) is 2. The normalized spacial score (nSPS) is 11.4. The molecule has 9 nitrogen and oxygen atoms in total. The Morgan fingerprint density at radius 2 is 1.88 bits per heavy atom. The Hall–Kier alpha value is -2.23. The summed E-state index contributed by atoms with van der Waals surface area (Å²) in [4.78, 5) is 14.7. The van der Waals surface area contributed by atoms with E-state index in [1.54, 1.807) is 12.1 Å². The van der Waals surface area contributed by atoms with E-state index in [0.29, 0.717) is 52.0 Å². The number of benzene rings is 1. The molecule has 0 amide bonds. The SMILES string of the molecule is CCOCCCNC(=NCc1ccc([N+](=O)[O-])cc1)NCCOCCO. The first-order valence-corrected chi connectivity index (χ1v) is 8.69. The van der Waals surface area contributed by atoms with Crippen LogP contribution in [-0.4, -0.2) is 62.1 Å². The van der Waals surface area contributed by atoms with E-state index in [4.69, 9.17) is 14.6 Å². The molecule has 0 aliphatic rings. The minimum absolute atomic E-state index is 0.00321. The molecule has 1 aromatic carbocycles. The zero-order chi connectivity index (χ0) is 19.0. The van der Waals surface area contributed by atoms with Gasteiger partial charge in [0.05, 0.1) is 31.3 Å². The molecule has 0 unspecified atom stereocenters. The van der Waals surface area contributed by atoms with Crippen molar-refractivity contribution in [3.8, 4) is 0 Å². The van der Waals surface area contributed by atoms with E-state index in [2.05, 4.69) is 15.6 Å². The van der Waals surface area contributed by atoms with Gasteiger partial charge in [-0.25, -0.2) is 4.99 Å². The number of hydrogen-bond acceptors (Lipinski definition) is 6. The number of hydrogen-bond donors (Lipinski definition) is 3. The van der Waals surface area contributed by atoms with Gasteiger partial charge in [-0.3, -0.25) is 10.1 Å². The smallest absolute Gasteiger partial charge is 0.269 e. The van der Waals surface area contributed by atoms with Gasteiger partial charge in [0.1, 0.15) is 0 Å². The molecule has 0 radical (unpaired) electrons.